The van der Waals surface area contributed by atoms with Crippen LogP contribution in [0.1, 0.15) is 50.1 Å². The molecule has 4 rings (SSSR count). The number of ether oxygens (including phenoxy) is 1. The van der Waals surface area contributed by atoms with Gasteiger partial charge in [0.05, 0.1) is 23.3 Å². The number of nitrogens with zero attached hydrogens (tertiary/aromatic N) is 1. The Morgan fingerprint density at radius 2 is 2.00 bits per heavy atom. The summed E-state index contributed by atoms with van der Waals surface area (Å²) in [6, 6.07) is 7.90. The van der Waals surface area contributed by atoms with Crippen LogP contribution in [-0.4, -0.2) is 62.4 Å². The molecule has 2 amide bonds. The zero-order chi connectivity index (χ0) is 27.7. The number of aliphatic hydroxyl groups is 1. The minimum absolute atomic E-state index is 0.0806. The van der Waals surface area contributed by atoms with E-state index in [-0.39, 0.29) is 39.9 Å². The summed E-state index contributed by atoms with van der Waals surface area (Å²) < 4.78 is 30.2. The second-order valence-electron chi connectivity index (χ2n) is 10.9. The van der Waals surface area contributed by atoms with Crippen LogP contribution >= 0.6 is 11.3 Å². The van der Waals surface area contributed by atoms with Crippen LogP contribution in [0.15, 0.2) is 35.2 Å². The van der Waals surface area contributed by atoms with Crippen LogP contribution in [-0.2, 0) is 30.6 Å². The van der Waals surface area contributed by atoms with Crippen LogP contribution < -0.4 is 10.6 Å². The minimum Gasteiger partial charge on any atom is -0.392 e. The number of hydrogen-bond donors (Lipinski definition) is 3. The van der Waals surface area contributed by atoms with Gasteiger partial charge >= 0.3 is 0 Å². The van der Waals surface area contributed by atoms with Gasteiger partial charge in [0.2, 0.25) is 11.8 Å². The van der Waals surface area contributed by atoms with Crippen LogP contribution in [0, 0.1) is 23.2 Å². The number of fused-ring (bicyclic) bond motifs is 2. The van der Waals surface area contributed by atoms with E-state index in [1.54, 1.807) is 25.3 Å². The van der Waals surface area contributed by atoms with Crippen LogP contribution in [0.25, 0.3) is 0 Å². The number of sulfone groups is 1. The Labute approximate surface area is 228 Å². The van der Waals surface area contributed by atoms with Crippen molar-refractivity contribution in [3.05, 3.63) is 40.9 Å². The summed E-state index contributed by atoms with van der Waals surface area (Å²) >= 11 is 1.37. The topological polar surface area (TPSA) is 135 Å². The average molecular weight is 564 g/mol. The zero-order valence-electron chi connectivity index (χ0n) is 22.3. The van der Waals surface area contributed by atoms with Crippen molar-refractivity contribution in [1.82, 2.24) is 10.3 Å². The predicted molar refractivity (Wildman–Crippen MR) is 146 cm³/mol. The van der Waals surface area contributed by atoms with Crippen molar-refractivity contribution in [2.24, 2.45) is 23.2 Å². The lowest BCUT2D eigenvalue weighted by Gasteiger charge is -2.53. The molecule has 0 saturated heterocycles. The van der Waals surface area contributed by atoms with E-state index in [0.29, 0.717) is 24.7 Å². The maximum absolute atomic E-state index is 12.7. The molecule has 0 aliphatic heterocycles. The SMILES string of the molecule is COCCNC(=O)[C@@H](C)[C@H]1CC[C@]2(C)Cc3sc(NC(=O)CS(=O)(=O)c4ccccc4)nc3[C@@H](C)[C@@H]2[C@H]1O. The number of rotatable bonds is 9. The number of nitrogens with one attached hydrogen (secondary N) is 2. The molecule has 0 radical (unpaired) electrons. The van der Waals surface area contributed by atoms with Crippen LogP contribution in [0.4, 0.5) is 5.13 Å². The van der Waals surface area contributed by atoms with Gasteiger partial charge in [-0.3, -0.25) is 9.59 Å². The number of carbonyl (C=O) groups excluding carboxylic acids is 2. The van der Waals surface area contributed by atoms with E-state index in [1.165, 1.54) is 23.5 Å². The van der Waals surface area contributed by atoms with E-state index >= 15 is 0 Å². The van der Waals surface area contributed by atoms with Gasteiger partial charge in [-0.1, -0.05) is 39.0 Å². The number of aromatic nitrogens is 1. The fraction of sp³-hybridized carbons (Fsp3) is 0.593. The van der Waals surface area contributed by atoms with E-state index in [9.17, 15) is 23.1 Å². The molecule has 208 valence electrons. The first kappa shape index (κ1) is 28.7. The highest BCUT2D eigenvalue weighted by Gasteiger charge is 2.53. The van der Waals surface area contributed by atoms with E-state index in [0.717, 1.165) is 23.4 Å². The number of methoxy groups -OCH3 is 1. The molecule has 0 bridgehead atoms. The second-order valence-corrected chi connectivity index (χ2v) is 13.9. The number of thiazole rings is 1. The van der Waals surface area contributed by atoms with Crippen molar-refractivity contribution in [3.63, 3.8) is 0 Å². The molecule has 1 heterocycles. The highest BCUT2D eigenvalue weighted by Crippen LogP contribution is 2.57. The lowest BCUT2D eigenvalue weighted by molar-refractivity contribution is -0.135. The maximum atomic E-state index is 12.7. The lowest BCUT2D eigenvalue weighted by atomic mass is 9.53. The molecule has 38 heavy (non-hydrogen) atoms. The fourth-order valence-electron chi connectivity index (χ4n) is 6.27. The molecule has 1 saturated carbocycles. The molecular weight excluding hydrogens is 526 g/mol. The molecule has 2 aliphatic rings. The standard InChI is InChI=1S/C27H37N3O6S2/c1-16(25(33)28-12-13-36-4)19-10-11-27(3)14-20-23(17(2)22(27)24(19)32)30-26(37-20)29-21(31)15-38(34,35)18-8-6-5-7-9-18/h5-9,16-17,19,22,24,32H,10-15H2,1-4H3,(H,28,33)(H,29,30,31)/t16-,17-,19+,22+,24-,27+/m0/s1. The van der Waals surface area contributed by atoms with Gasteiger partial charge in [0.15, 0.2) is 15.0 Å². The molecule has 11 heteroatoms. The van der Waals surface area contributed by atoms with E-state index in [2.05, 4.69) is 22.5 Å². The molecule has 1 fully saturated rings. The quantitative estimate of drug-likeness (QED) is 0.399. The highest BCUT2D eigenvalue weighted by molar-refractivity contribution is 7.92. The number of benzene rings is 1. The molecule has 2 aliphatic carbocycles. The van der Waals surface area contributed by atoms with Gasteiger partial charge in [0.25, 0.3) is 0 Å². The lowest BCUT2D eigenvalue weighted by Crippen LogP contribution is -2.53. The van der Waals surface area contributed by atoms with Gasteiger partial charge in [-0.15, -0.1) is 11.3 Å². The molecular formula is C27H37N3O6S2. The Morgan fingerprint density at radius 1 is 1.29 bits per heavy atom. The van der Waals surface area contributed by atoms with Gasteiger partial charge in [0, 0.05) is 30.4 Å². The van der Waals surface area contributed by atoms with Crippen LogP contribution in [0.2, 0.25) is 0 Å². The molecule has 6 atom stereocenters. The van der Waals surface area contributed by atoms with Crippen molar-refractivity contribution in [2.75, 3.05) is 31.3 Å². The molecule has 0 unspecified atom stereocenters. The zero-order valence-corrected chi connectivity index (χ0v) is 23.9. The summed E-state index contributed by atoms with van der Waals surface area (Å²) in [5, 5.41) is 17.5. The van der Waals surface area contributed by atoms with Crippen LogP contribution in [0.3, 0.4) is 0 Å². The van der Waals surface area contributed by atoms with Crippen molar-refractivity contribution in [2.45, 2.75) is 57.0 Å². The number of hydrogen-bond acceptors (Lipinski definition) is 8. The van der Waals surface area contributed by atoms with Crippen molar-refractivity contribution >= 4 is 38.1 Å². The fourth-order valence-corrected chi connectivity index (χ4v) is 8.71. The molecule has 1 aromatic carbocycles. The Bertz CT molecular complexity index is 1260. The Hall–Kier alpha value is -2.34. The minimum atomic E-state index is -3.76. The third-order valence-corrected chi connectivity index (χ3v) is 10.9. The smallest absolute Gasteiger partial charge is 0.241 e. The first-order valence-electron chi connectivity index (χ1n) is 13.0. The Balaban J connectivity index is 1.47. The number of aliphatic hydroxyl groups excluding tert-OH is 1. The normalized spacial score (nSPS) is 27.6. The summed E-state index contributed by atoms with van der Waals surface area (Å²) in [6.45, 7) is 6.97. The summed E-state index contributed by atoms with van der Waals surface area (Å²) in [7, 11) is -2.18. The van der Waals surface area contributed by atoms with E-state index in [1.807, 2.05) is 13.8 Å². The van der Waals surface area contributed by atoms with Gasteiger partial charge in [0.1, 0.15) is 5.75 Å². The van der Waals surface area contributed by atoms with E-state index < -0.39 is 27.6 Å². The van der Waals surface area contributed by atoms with E-state index in [4.69, 9.17) is 4.74 Å². The third-order valence-electron chi connectivity index (χ3n) is 8.25. The summed E-state index contributed by atoms with van der Waals surface area (Å²) in [4.78, 5) is 31.2. The number of carbonyl (C=O) groups is 2. The summed E-state index contributed by atoms with van der Waals surface area (Å²) in [5.41, 5.74) is 0.662. The number of anilines is 1. The molecule has 0 spiro atoms. The van der Waals surface area contributed by atoms with Gasteiger partial charge in [-0.2, -0.15) is 0 Å². The summed E-state index contributed by atoms with van der Waals surface area (Å²) in [5.74, 6) is -2.06. The Morgan fingerprint density at radius 3 is 2.68 bits per heavy atom. The second kappa shape index (κ2) is 11.4. The maximum Gasteiger partial charge on any atom is 0.241 e. The molecule has 2 aromatic rings. The van der Waals surface area contributed by atoms with Crippen molar-refractivity contribution in [3.8, 4) is 0 Å². The first-order chi connectivity index (χ1) is 18.0. The average Bonchev–Trinajstić information content (AvgIpc) is 3.25. The Kier molecular flexibility index (Phi) is 8.61. The molecule has 1 aromatic heterocycles. The van der Waals surface area contributed by atoms with Gasteiger partial charge < -0.3 is 20.5 Å². The molecule has 3 N–H and O–H groups in total. The monoisotopic (exact) mass is 563 g/mol. The van der Waals surface area contributed by atoms with Crippen molar-refractivity contribution in [1.29, 1.82) is 0 Å². The van der Waals surface area contributed by atoms with Gasteiger partial charge in [-0.05, 0) is 48.6 Å². The highest BCUT2D eigenvalue weighted by atomic mass is 32.2. The van der Waals surface area contributed by atoms with Crippen LogP contribution in [0.5, 0.6) is 0 Å². The first-order valence-corrected chi connectivity index (χ1v) is 15.5. The van der Waals surface area contributed by atoms with Crippen molar-refractivity contribution < 1.29 is 27.9 Å². The summed E-state index contributed by atoms with van der Waals surface area (Å²) in [6.07, 6.45) is 1.66. The molecule has 9 nitrogen and oxygen atoms in total. The third kappa shape index (κ3) is 5.80. The van der Waals surface area contributed by atoms with Gasteiger partial charge in [-0.25, -0.2) is 13.4 Å². The predicted octanol–water partition coefficient (Wildman–Crippen LogP) is 3.01. The largest absolute Gasteiger partial charge is 0.392 e. The number of amides is 2.